The number of carbonyl (C=O) groups excluding carboxylic acids is 3. The number of amides is 2. The molecule has 2 unspecified atom stereocenters. The first-order chi connectivity index (χ1) is 17.9. The molecule has 0 aromatic heterocycles. The van der Waals surface area contributed by atoms with Crippen LogP contribution in [0.5, 0.6) is 0 Å². The average molecular weight is 541 g/mol. The number of nitrogens with zero attached hydrogens (tertiary/aromatic N) is 1. The molecule has 3 atom stereocenters. The first-order valence-corrected chi connectivity index (χ1v) is 12.5. The Hall–Kier alpha value is -3.39. The molecule has 3 aromatic rings. The molecule has 1 aliphatic rings. The van der Waals surface area contributed by atoms with E-state index in [-0.39, 0.29) is 16.5 Å². The number of carbonyl (C=O) groups is 3. The van der Waals surface area contributed by atoms with Gasteiger partial charge in [0.25, 0.3) is 5.91 Å². The maximum atomic E-state index is 13.8. The fourth-order valence-corrected chi connectivity index (χ4v) is 5.27. The lowest BCUT2D eigenvalue weighted by atomic mass is 9.78. The highest BCUT2D eigenvalue weighted by molar-refractivity contribution is 6.35. The molecular formula is C28H26Cl2N2O5. The third-order valence-corrected chi connectivity index (χ3v) is 7.04. The van der Waals surface area contributed by atoms with Crippen LogP contribution in [0.25, 0.3) is 0 Å². The van der Waals surface area contributed by atoms with Crippen LogP contribution in [-0.2, 0) is 20.7 Å². The first-order valence-electron chi connectivity index (χ1n) is 11.7. The largest absolute Gasteiger partial charge is 0.467 e. The van der Waals surface area contributed by atoms with Crippen molar-refractivity contribution >= 4 is 41.0 Å². The van der Waals surface area contributed by atoms with E-state index in [9.17, 15) is 19.5 Å². The van der Waals surface area contributed by atoms with Crippen LogP contribution >= 0.6 is 23.2 Å². The Morgan fingerprint density at radius 1 is 1.03 bits per heavy atom. The van der Waals surface area contributed by atoms with E-state index in [1.807, 2.05) is 30.3 Å². The van der Waals surface area contributed by atoms with Gasteiger partial charge in [0.2, 0.25) is 5.91 Å². The monoisotopic (exact) mass is 540 g/mol. The minimum absolute atomic E-state index is 0.221. The number of esters is 1. The van der Waals surface area contributed by atoms with Crippen LogP contribution in [0.1, 0.15) is 39.0 Å². The molecule has 4 rings (SSSR count). The van der Waals surface area contributed by atoms with Gasteiger partial charge in [-0.2, -0.15) is 0 Å². The lowest BCUT2D eigenvalue weighted by Crippen LogP contribution is -2.55. The molecule has 0 saturated heterocycles. The van der Waals surface area contributed by atoms with Gasteiger partial charge in [0.15, 0.2) is 6.04 Å². The van der Waals surface area contributed by atoms with E-state index in [0.29, 0.717) is 29.1 Å². The summed E-state index contributed by atoms with van der Waals surface area (Å²) >= 11 is 12.7. The Bertz CT molecular complexity index is 1300. The van der Waals surface area contributed by atoms with E-state index in [1.165, 1.54) is 18.1 Å². The maximum Gasteiger partial charge on any atom is 0.331 e. The second-order valence-corrected chi connectivity index (χ2v) is 9.48. The predicted molar refractivity (Wildman–Crippen MR) is 141 cm³/mol. The normalized spacial score (nSPS) is 17.6. The molecule has 0 fully saturated rings. The number of hydrogen-bond donors (Lipinski definition) is 2. The van der Waals surface area contributed by atoms with Crippen LogP contribution in [0, 0.1) is 0 Å². The van der Waals surface area contributed by atoms with Gasteiger partial charge in [-0.15, -0.1) is 0 Å². The van der Waals surface area contributed by atoms with Crippen molar-refractivity contribution in [3.63, 3.8) is 0 Å². The zero-order chi connectivity index (χ0) is 26.5. The van der Waals surface area contributed by atoms with E-state index in [2.05, 4.69) is 5.32 Å². The number of aliphatic hydroxyl groups excluding tert-OH is 1. The maximum absolute atomic E-state index is 13.8. The summed E-state index contributed by atoms with van der Waals surface area (Å²) in [6.07, 6.45) is 0.609. The van der Waals surface area contributed by atoms with Crippen LogP contribution in [0.2, 0.25) is 10.0 Å². The van der Waals surface area contributed by atoms with Gasteiger partial charge in [-0.05, 0) is 41.3 Å². The number of nitrogens with one attached hydrogen (secondary N) is 1. The second kappa shape index (κ2) is 11.8. The van der Waals surface area contributed by atoms with Crippen molar-refractivity contribution in [2.75, 3.05) is 20.3 Å². The minimum Gasteiger partial charge on any atom is -0.467 e. The van der Waals surface area contributed by atoms with Crippen molar-refractivity contribution in [3.8, 4) is 0 Å². The lowest BCUT2D eigenvalue weighted by Gasteiger charge is -2.44. The molecule has 0 saturated carbocycles. The minimum atomic E-state index is -1.36. The molecule has 7 nitrogen and oxygen atoms in total. The number of rotatable bonds is 8. The van der Waals surface area contributed by atoms with Gasteiger partial charge in [0.05, 0.1) is 25.7 Å². The van der Waals surface area contributed by atoms with Crippen molar-refractivity contribution < 1.29 is 24.2 Å². The Balaban J connectivity index is 1.81. The van der Waals surface area contributed by atoms with Crippen LogP contribution in [0.3, 0.4) is 0 Å². The molecule has 0 radical (unpaired) electrons. The number of halogens is 2. The molecule has 0 aliphatic carbocycles. The summed E-state index contributed by atoms with van der Waals surface area (Å²) in [6, 6.07) is 18.8. The topological polar surface area (TPSA) is 95.9 Å². The van der Waals surface area contributed by atoms with Crippen LogP contribution in [0.4, 0.5) is 0 Å². The molecular weight excluding hydrogens is 515 g/mol. The Morgan fingerprint density at radius 2 is 1.73 bits per heavy atom. The highest BCUT2D eigenvalue weighted by Crippen LogP contribution is 2.46. The van der Waals surface area contributed by atoms with Crippen LogP contribution < -0.4 is 5.32 Å². The Kier molecular flexibility index (Phi) is 8.48. The molecule has 37 heavy (non-hydrogen) atoms. The number of benzene rings is 3. The van der Waals surface area contributed by atoms with E-state index >= 15 is 0 Å². The van der Waals surface area contributed by atoms with Crippen molar-refractivity contribution in [1.82, 2.24) is 10.2 Å². The Morgan fingerprint density at radius 3 is 2.41 bits per heavy atom. The fraction of sp³-hybridized carbons (Fsp3) is 0.250. The second-order valence-electron chi connectivity index (χ2n) is 8.64. The summed E-state index contributed by atoms with van der Waals surface area (Å²) < 4.78 is 4.89. The third kappa shape index (κ3) is 5.49. The smallest absolute Gasteiger partial charge is 0.331 e. The van der Waals surface area contributed by atoms with Gasteiger partial charge in [0.1, 0.15) is 0 Å². The van der Waals surface area contributed by atoms with Crippen LogP contribution in [-0.4, -0.2) is 54.1 Å². The van der Waals surface area contributed by atoms with Gasteiger partial charge < -0.3 is 20.1 Å². The molecule has 192 valence electrons. The van der Waals surface area contributed by atoms with Gasteiger partial charge in [-0.25, -0.2) is 4.79 Å². The zero-order valence-electron chi connectivity index (χ0n) is 20.1. The van der Waals surface area contributed by atoms with E-state index in [4.69, 9.17) is 27.9 Å². The summed E-state index contributed by atoms with van der Waals surface area (Å²) in [6.45, 7) is -0.346. The molecule has 0 bridgehead atoms. The summed E-state index contributed by atoms with van der Waals surface area (Å²) in [5, 5.41) is 13.7. The van der Waals surface area contributed by atoms with Gasteiger partial charge in [-0.3, -0.25) is 9.59 Å². The third-order valence-electron chi connectivity index (χ3n) is 6.48. The SMILES string of the molecule is COC(=O)[C@@H](CO)N1C(=O)c2ccccc2C(C(=O)NCCc2ccccc2)C1c1ccc(Cl)cc1Cl. The van der Waals surface area contributed by atoms with E-state index in [0.717, 1.165) is 5.56 Å². The van der Waals surface area contributed by atoms with Crippen molar-refractivity contribution in [3.05, 3.63) is 105 Å². The van der Waals surface area contributed by atoms with E-state index < -0.39 is 36.5 Å². The number of aliphatic hydroxyl groups is 1. The quantitative estimate of drug-likeness (QED) is 0.418. The molecule has 3 aromatic carbocycles. The number of methoxy groups -OCH3 is 1. The van der Waals surface area contributed by atoms with Crippen molar-refractivity contribution in [1.29, 1.82) is 0 Å². The summed E-state index contributed by atoms with van der Waals surface area (Å²) in [7, 11) is 1.17. The van der Waals surface area contributed by atoms with Gasteiger partial charge >= 0.3 is 5.97 Å². The predicted octanol–water partition coefficient (Wildman–Crippen LogP) is 4.17. The van der Waals surface area contributed by atoms with Crippen molar-refractivity contribution in [2.45, 2.75) is 24.4 Å². The standard InChI is InChI=1S/C28H26Cl2N2O5/c1-37-28(36)23(16-33)32-25(21-12-11-18(29)15-22(21)30)24(19-9-5-6-10-20(19)27(32)35)26(34)31-14-13-17-7-3-2-4-8-17/h2-12,15,23-25,33H,13-14,16H2,1H3,(H,31,34)/t23-,24?,25?/m1/s1. The van der Waals surface area contributed by atoms with E-state index in [1.54, 1.807) is 36.4 Å². The first kappa shape index (κ1) is 26.7. The molecule has 2 N–H and O–H groups in total. The fourth-order valence-electron chi connectivity index (χ4n) is 4.75. The van der Waals surface area contributed by atoms with Crippen molar-refractivity contribution in [2.24, 2.45) is 0 Å². The number of ether oxygens (including phenoxy) is 1. The summed E-state index contributed by atoms with van der Waals surface area (Å²) in [4.78, 5) is 41.5. The van der Waals surface area contributed by atoms with Crippen LogP contribution in [0.15, 0.2) is 72.8 Å². The van der Waals surface area contributed by atoms with Gasteiger partial charge in [-0.1, -0.05) is 77.8 Å². The summed E-state index contributed by atoms with van der Waals surface area (Å²) in [5.74, 6) is -2.61. The number of fused-ring (bicyclic) bond motifs is 1. The molecule has 0 spiro atoms. The summed E-state index contributed by atoms with van der Waals surface area (Å²) in [5.41, 5.74) is 2.24. The van der Waals surface area contributed by atoms with Gasteiger partial charge in [0, 0.05) is 22.2 Å². The molecule has 1 aliphatic heterocycles. The highest BCUT2D eigenvalue weighted by atomic mass is 35.5. The zero-order valence-corrected chi connectivity index (χ0v) is 21.6. The number of hydrogen-bond acceptors (Lipinski definition) is 5. The molecule has 1 heterocycles. The Labute approximate surface area is 224 Å². The molecule has 2 amide bonds. The highest BCUT2D eigenvalue weighted by Gasteiger charge is 2.49. The lowest BCUT2D eigenvalue weighted by molar-refractivity contribution is -0.149. The molecule has 9 heteroatoms. The average Bonchev–Trinajstić information content (AvgIpc) is 2.90.